The molecular formula is C18H22N4O3S. The van der Waals surface area contributed by atoms with E-state index in [1.54, 1.807) is 22.0 Å². The maximum atomic E-state index is 13.3. The Balaban J connectivity index is 1.62. The number of hydrogen-bond donors (Lipinski definition) is 0. The van der Waals surface area contributed by atoms with Crippen molar-refractivity contribution in [1.82, 2.24) is 19.7 Å². The molecule has 2 aromatic rings. The fraction of sp³-hybridized carbons (Fsp3) is 0.556. The number of esters is 1. The first-order valence-electron chi connectivity index (χ1n) is 8.94. The Morgan fingerprint density at radius 1 is 1.27 bits per heavy atom. The van der Waals surface area contributed by atoms with Gasteiger partial charge in [0.2, 0.25) is 0 Å². The highest BCUT2D eigenvalue weighted by Crippen LogP contribution is 2.41. The molecule has 1 aliphatic heterocycles. The van der Waals surface area contributed by atoms with E-state index in [-0.39, 0.29) is 17.9 Å². The van der Waals surface area contributed by atoms with Gasteiger partial charge in [0.05, 0.1) is 19.5 Å². The van der Waals surface area contributed by atoms with Crippen molar-refractivity contribution >= 4 is 23.2 Å². The van der Waals surface area contributed by atoms with Crippen molar-refractivity contribution in [2.75, 3.05) is 7.11 Å². The molecule has 1 aliphatic carbocycles. The second-order valence-corrected chi connectivity index (χ2v) is 8.06. The first kappa shape index (κ1) is 17.2. The summed E-state index contributed by atoms with van der Waals surface area (Å²) in [6, 6.07) is -0.353. The third kappa shape index (κ3) is 2.92. The Bertz CT molecular complexity index is 830. The predicted octanol–water partition coefficient (Wildman–Crippen LogP) is 2.49. The zero-order valence-electron chi connectivity index (χ0n) is 14.9. The predicted molar refractivity (Wildman–Crippen MR) is 96.7 cm³/mol. The van der Waals surface area contributed by atoms with Gasteiger partial charge in [0, 0.05) is 24.8 Å². The number of ether oxygens (including phenoxy) is 1. The quantitative estimate of drug-likeness (QED) is 0.772. The summed E-state index contributed by atoms with van der Waals surface area (Å²) in [7, 11) is 3.23. The average Bonchev–Trinajstić information content (AvgIpc) is 3.37. The van der Waals surface area contributed by atoms with Crippen LogP contribution in [0.2, 0.25) is 0 Å². The molecule has 2 fully saturated rings. The second-order valence-electron chi connectivity index (χ2n) is 7.03. The van der Waals surface area contributed by atoms with Gasteiger partial charge in [-0.15, -0.1) is 11.3 Å². The third-order valence-electron chi connectivity index (χ3n) is 5.46. The molecule has 26 heavy (non-hydrogen) atoms. The first-order chi connectivity index (χ1) is 12.6. The number of rotatable bonds is 3. The van der Waals surface area contributed by atoms with E-state index in [1.807, 2.05) is 13.2 Å². The molecule has 1 saturated heterocycles. The smallest absolute Gasteiger partial charge is 0.328 e. The molecule has 4 rings (SSSR count). The van der Waals surface area contributed by atoms with Crippen LogP contribution >= 0.6 is 11.3 Å². The zero-order chi connectivity index (χ0) is 18.3. The van der Waals surface area contributed by atoms with Crippen LogP contribution in [-0.4, -0.2) is 50.7 Å². The van der Waals surface area contributed by atoms with Gasteiger partial charge in [0.15, 0.2) is 0 Å². The van der Waals surface area contributed by atoms with Crippen LogP contribution in [0.1, 0.15) is 41.8 Å². The number of fused-ring (bicyclic) bond motifs is 1. The highest BCUT2D eigenvalue weighted by atomic mass is 32.1. The molecule has 1 saturated carbocycles. The summed E-state index contributed by atoms with van der Waals surface area (Å²) in [4.78, 5) is 32.3. The summed E-state index contributed by atoms with van der Waals surface area (Å²) in [5.74, 6) is -0.0327. The molecule has 0 spiro atoms. The van der Waals surface area contributed by atoms with Crippen molar-refractivity contribution in [2.24, 2.45) is 13.0 Å². The summed E-state index contributed by atoms with van der Waals surface area (Å²) in [5, 5.41) is 4.91. The van der Waals surface area contributed by atoms with Crippen molar-refractivity contribution < 1.29 is 14.3 Å². The molecule has 0 N–H and O–H groups in total. The summed E-state index contributed by atoms with van der Waals surface area (Å²) in [6.07, 6.45) is 10.2. The number of aromatic nitrogens is 3. The van der Waals surface area contributed by atoms with Gasteiger partial charge < -0.3 is 9.64 Å². The van der Waals surface area contributed by atoms with Crippen LogP contribution in [0.15, 0.2) is 18.6 Å². The molecule has 138 valence electrons. The number of amides is 1. The van der Waals surface area contributed by atoms with E-state index in [9.17, 15) is 9.59 Å². The third-order valence-corrected chi connectivity index (χ3v) is 6.50. The Morgan fingerprint density at radius 3 is 2.81 bits per heavy atom. The van der Waals surface area contributed by atoms with Crippen LogP contribution in [0.4, 0.5) is 0 Å². The van der Waals surface area contributed by atoms with E-state index in [4.69, 9.17) is 4.74 Å². The van der Waals surface area contributed by atoms with Crippen LogP contribution in [0.25, 0.3) is 10.6 Å². The Hall–Kier alpha value is -2.22. The molecule has 7 nitrogen and oxygen atoms in total. The lowest BCUT2D eigenvalue weighted by molar-refractivity contribution is -0.145. The minimum absolute atomic E-state index is 0.109. The molecule has 0 aromatic carbocycles. The molecule has 3 atom stereocenters. The van der Waals surface area contributed by atoms with E-state index < -0.39 is 6.04 Å². The van der Waals surface area contributed by atoms with Crippen molar-refractivity contribution in [3.05, 3.63) is 23.5 Å². The molecular weight excluding hydrogens is 352 g/mol. The molecule has 2 aliphatic rings. The fourth-order valence-electron chi connectivity index (χ4n) is 4.26. The number of carbonyl (C=O) groups excluding carboxylic acids is 2. The maximum Gasteiger partial charge on any atom is 0.328 e. The van der Waals surface area contributed by atoms with Gasteiger partial charge in [-0.2, -0.15) is 5.10 Å². The Kier molecular flexibility index (Phi) is 4.52. The lowest BCUT2D eigenvalue weighted by Crippen LogP contribution is -2.46. The fourth-order valence-corrected chi connectivity index (χ4v) is 5.10. The SMILES string of the molecule is COC(=O)C1CC2CCCCC2N1C(=O)c1cnc(-c2cnn(C)c2)s1. The molecule has 2 aromatic heterocycles. The molecule has 1 amide bonds. The summed E-state index contributed by atoms with van der Waals surface area (Å²) in [6.45, 7) is 0. The van der Waals surface area contributed by atoms with Crippen LogP contribution in [0.5, 0.6) is 0 Å². The Morgan fingerprint density at radius 2 is 2.08 bits per heavy atom. The largest absolute Gasteiger partial charge is 0.467 e. The van der Waals surface area contributed by atoms with Crippen molar-refractivity contribution in [2.45, 2.75) is 44.2 Å². The Labute approximate surface area is 156 Å². The number of likely N-dealkylation sites (tertiary alicyclic amines) is 1. The molecule has 8 heteroatoms. The van der Waals surface area contributed by atoms with Crippen LogP contribution in [-0.2, 0) is 16.6 Å². The van der Waals surface area contributed by atoms with Gasteiger partial charge >= 0.3 is 5.97 Å². The van der Waals surface area contributed by atoms with E-state index in [1.165, 1.54) is 24.9 Å². The number of thiazole rings is 1. The maximum absolute atomic E-state index is 13.3. The second kappa shape index (κ2) is 6.83. The van der Waals surface area contributed by atoms with Crippen LogP contribution in [0, 0.1) is 5.92 Å². The first-order valence-corrected chi connectivity index (χ1v) is 9.75. The van der Waals surface area contributed by atoms with Gasteiger partial charge in [-0.05, 0) is 25.2 Å². The van der Waals surface area contributed by atoms with Gasteiger partial charge in [-0.3, -0.25) is 9.48 Å². The average molecular weight is 374 g/mol. The number of methoxy groups -OCH3 is 1. The lowest BCUT2D eigenvalue weighted by Gasteiger charge is -2.32. The number of carbonyl (C=O) groups is 2. The van der Waals surface area contributed by atoms with Gasteiger partial charge in [0.25, 0.3) is 5.91 Å². The highest BCUT2D eigenvalue weighted by Gasteiger charge is 2.48. The summed E-state index contributed by atoms with van der Waals surface area (Å²) in [5.41, 5.74) is 0.887. The molecule has 0 bridgehead atoms. The summed E-state index contributed by atoms with van der Waals surface area (Å²) >= 11 is 1.35. The van der Waals surface area contributed by atoms with Gasteiger partial charge in [-0.25, -0.2) is 9.78 Å². The van der Waals surface area contributed by atoms with E-state index in [0.717, 1.165) is 29.8 Å². The summed E-state index contributed by atoms with van der Waals surface area (Å²) < 4.78 is 6.68. The zero-order valence-corrected chi connectivity index (χ0v) is 15.7. The van der Waals surface area contributed by atoms with Crippen LogP contribution < -0.4 is 0 Å². The van der Waals surface area contributed by atoms with E-state index in [0.29, 0.717) is 17.2 Å². The number of hydrogen-bond acceptors (Lipinski definition) is 6. The van der Waals surface area contributed by atoms with Crippen molar-refractivity contribution in [3.8, 4) is 10.6 Å². The highest BCUT2D eigenvalue weighted by molar-refractivity contribution is 7.16. The number of nitrogens with zero attached hydrogens (tertiary/aromatic N) is 4. The van der Waals surface area contributed by atoms with Gasteiger partial charge in [0.1, 0.15) is 15.9 Å². The minimum atomic E-state index is -0.482. The minimum Gasteiger partial charge on any atom is -0.467 e. The van der Waals surface area contributed by atoms with Gasteiger partial charge in [-0.1, -0.05) is 12.8 Å². The molecule has 0 radical (unpaired) electrons. The molecule has 3 unspecified atom stereocenters. The van der Waals surface area contributed by atoms with E-state index >= 15 is 0 Å². The van der Waals surface area contributed by atoms with Crippen molar-refractivity contribution in [1.29, 1.82) is 0 Å². The standard InChI is InChI=1S/C18H22N4O3S/c1-21-10-12(8-20-21)16-19-9-15(26-16)17(23)22-13-6-4-3-5-11(13)7-14(22)18(24)25-2/h8-11,13-14H,3-7H2,1-2H3. The van der Waals surface area contributed by atoms with E-state index in [2.05, 4.69) is 10.1 Å². The van der Waals surface area contributed by atoms with Crippen LogP contribution in [0.3, 0.4) is 0 Å². The molecule has 3 heterocycles. The lowest BCUT2D eigenvalue weighted by atomic mass is 9.85. The topological polar surface area (TPSA) is 77.3 Å². The normalized spacial score (nSPS) is 25.2. The monoisotopic (exact) mass is 374 g/mol. The van der Waals surface area contributed by atoms with Crippen molar-refractivity contribution in [3.63, 3.8) is 0 Å². The number of aryl methyl sites for hydroxylation is 1.